The summed E-state index contributed by atoms with van der Waals surface area (Å²) in [7, 11) is 3.88. The molecule has 0 bridgehead atoms. The van der Waals surface area contributed by atoms with E-state index in [2.05, 4.69) is 18.1 Å². The first-order valence-corrected chi connectivity index (χ1v) is 6.52. The van der Waals surface area contributed by atoms with Gasteiger partial charge < -0.3 is 4.74 Å². The van der Waals surface area contributed by atoms with E-state index in [0.29, 0.717) is 6.04 Å². The van der Waals surface area contributed by atoms with Gasteiger partial charge in [-0.15, -0.1) is 0 Å². The van der Waals surface area contributed by atoms with Crippen molar-refractivity contribution in [3.63, 3.8) is 0 Å². The van der Waals surface area contributed by atoms with Crippen LogP contribution in [0.2, 0.25) is 0 Å². The Morgan fingerprint density at radius 2 is 2.22 bits per heavy atom. The third-order valence-corrected chi connectivity index (χ3v) is 3.79. The van der Waals surface area contributed by atoms with E-state index in [1.54, 1.807) is 7.11 Å². The molecule has 1 atom stereocenters. The minimum atomic E-state index is 0.448. The highest BCUT2D eigenvalue weighted by molar-refractivity contribution is 5.44. The standard InChI is InChI=1S/C14H19N3O/c1-16-9-4-3-6-12(16)11-10-17-13(15-11)7-5-8-14(17)18-2/h5,7-8,10,12H,3-4,6,9H2,1-2H3. The van der Waals surface area contributed by atoms with E-state index in [1.807, 2.05) is 22.6 Å². The maximum absolute atomic E-state index is 5.36. The van der Waals surface area contributed by atoms with Crippen LogP contribution in [0.3, 0.4) is 0 Å². The van der Waals surface area contributed by atoms with E-state index >= 15 is 0 Å². The lowest BCUT2D eigenvalue weighted by Crippen LogP contribution is -2.29. The van der Waals surface area contributed by atoms with Gasteiger partial charge in [-0.05, 0) is 38.6 Å². The molecule has 1 fully saturated rings. The number of hydrogen-bond donors (Lipinski definition) is 0. The molecule has 3 heterocycles. The van der Waals surface area contributed by atoms with E-state index in [9.17, 15) is 0 Å². The highest BCUT2D eigenvalue weighted by Gasteiger charge is 2.23. The van der Waals surface area contributed by atoms with Gasteiger partial charge in [0.1, 0.15) is 5.65 Å². The molecule has 3 rings (SSSR count). The molecule has 1 aliphatic heterocycles. The van der Waals surface area contributed by atoms with Crippen LogP contribution in [-0.2, 0) is 0 Å². The van der Waals surface area contributed by atoms with E-state index in [4.69, 9.17) is 9.72 Å². The molecule has 1 saturated heterocycles. The normalized spacial score (nSPS) is 21.3. The molecular formula is C14H19N3O. The summed E-state index contributed by atoms with van der Waals surface area (Å²) in [4.78, 5) is 7.14. The van der Waals surface area contributed by atoms with Crippen LogP contribution >= 0.6 is 0 Å². The minimum Gasteiger partial charge on any atom is -0.482 e. The summed E-state index contributed by atoms with van der Waals surface area (Å²) in [5.74, 6) is 0.838. The van der Waals surface area contributed by atoms with Gasteiger partial charge in [0.25, 0.3) is 0 Å². The number of rotatable bonds is 2. The number of ether oxygens (including phenoxy) is 1. The lowest BCUT2D eigenvalue weighted by atomic mass is 10.0. The Bertz CT molecular complexity index is 549. The second kappa shape index (κ2) is 4.61. The first-order valence-electron chi connectivity index (χ1n) is 6.52. The molecule has 0 radical (unpaired) electrons. The molecule has 0 amide bonds. The molecule has 2 aromatic heterocycles. The fourth-order valence-electron chi connectivity index (χ4n) is 2.78. The lowest BCUT2D eigenvalue weighted by molar-refractivity contribution is 0.184. The van der Waals surface area contributed by atoms with Gasteiger partial charge in [-0.25, -0.2) is 4.98 Å². The fraction of sp³-hybridized carbons (Fsp3) is 0.500. The maximum atomic E-state index is 5.36. The number of fused-ring (bicyclic) bond motifs is 1. The highest BCUT2D eigenvalue weighted by Crippen LogP contribution is 2.29. The van der Waals surface area contributed by atoms with Gasteiger partial charge in [0, 0.05) is 6.20 Å². The Morgan fingerprint density at radius 1 is 1.33 bits per heavy atom. The van der Waals surface area contributed by atoms with E-state index < -0.39 is 0 Å². The second-order valence-electron chi connectivity index (χ2n) is 4.95. The summed E-state index contributed by atoms with van der Waals surface area (Å²) in [5, 5.41) is 0. The monoisotopic (exact) mass is 245 g/mol. The van der Waals surface area contributed by atoms with Gasteiger partial charge in [0.15, 0.2) is 5.88 Å². The van der Waals surface area contributed by atoms with Gasteiger partial charge in [0.2, 0.25) is 0 Å². The quantitative estimate of drug-likeness (QED) is 0.814. The van der Waals surface area contributed by atoms with Gasteiger partial charge in [-0.2, -0.15) is 0 Å². The number of methoxy groups -OCH3 is 1. The van der Waals surface area contributed by atoms with E-state index in [0.717, 1.165) is 23.8 Å². The first-order chi connectivity index (χ1) is 8.79. The molecule has 1 aliphatic rings. The summed E-state index contributed by atoms with van der Waals surface area (Å²) in [6, 6.07) is 6.41. The number of pyridine rings is 1. The zero-order chi connectivity index (χ0) is 12.5. The molecular weight excluding hydrogens is 226 g/mol. The molecule has 96 valence electrons. The predicted molar refractivity (Wildman–Crippen MR) is 71.0 cm³/mol. The number of likely N-dealkylation sites (tertiary alicyclic amines) is 1. The number of hydrogen-bond acceptors (Lipinski definition) is 3. The zero-order valence-electron chi connectivity index (χ0n) is 11.0. The predicted octanol–water partition coefficient (Wildman–Crippen LogP) is 2.50. The largest absolute Gasteiger partial charge is 0.482 e. The van der Waals surface area contributed by atoms with Crippen LogP contribution in [0.4, 0.5) is 0 Å². The van der Waals surface area contributed by atoms with Crippen LogP contribution in [0.1, 0.15) is 31.0 Å². The molecule has 4 nitrogen and oxygen atoms in total. The smallest absolute Gasteiger partial charge is 0.198 e. The van der Waals surface area contributed by atoms with E-state index in [-0.39, 0.29) is 0 Å². The van der Waals surface area contributed by atoms with E-state index in [1.165, 1.54) is 19.3 Å². The zero-order valence-corrected chi connectivity index (χ0v) is 11.0. The van der Waals surface area contributed by atoms with Crippen molar-refractivity contribution in [2.75, 3.05) is 20.7 Å². The summed E-state index contributed by atoms with van der Waals surface area (Å²) in [5.41, 5.74) is 2.12. The topological polar surface area (TPSA) is 29.8 Å². The van der Waals surface area contributed by atoms with Gasteiger partial charge in [0.05, 0.1) is 18.8 Å². The van der Waals surface area contributed by atoms with Gasteiger partial charge >= 0.3 is 0 Å². The number of piperidine rings is 1. The minimum absolute atomic E-state index is 0.448. The molecule has 0 saturated carbocycles. The molecule has 0 aromatic carbocycles. The number of aromatic nitrogens is 2. The van der Waals surface area contributed by atoms with Crippen molar-refractivity contribution >= 4 is 5.65 Å². The van der Waals surface area contributed by atoms with Crippen LogP contribution in [0.15, 0.2) is 24.4 Å². The Balaban J connectivity index is 2.02. The van der Waals surface area contributed by atoms with Crippen molar-refractivity contribution in [1.82, 2.24) is 14.3 Å². The van der Waals surface area contributed by atoms with Crippen molar-refractivity contribution in [3.05, 3.63) is 30.1 Å². The average Bonchev–Trinajstić information content (AvgIpc) is 2.82. The Hall–Kier alpha value is -1.55. The van der Waals surface area contributed by atoms with Crippen molar-refractivity contribution in [3.8, 4) is 5.88 Å². The SMILES string of the molecule is COc1cccc2nc(C3CCCCN3C)cn12. The Labute approximate surface area is 107 Å². The third kappa shape index (κ3) is 1.86. The molecule has 2 aromatic rings. The second-order valence-corrected chi connectivity index (χ2v) is 4.95. The molecule has 0 spiro atoms. The van der Waals surface area contributed by atoms with Crippen molar-refractivity contribution in [2.45, 2.75) is 25.3 Å². The summed E-state index contributed by atoms with van der Waals surface area (Å²) in [6.45, 7) is 1.16. The molecule has 0 aliphatic carbocycles. The van der Waals surface area contributed by atoms with Gasteiger partial charge in [-0.3, -0.25) is 9.30 Å². The molecule has 18 heavy (non-hydrogen) atoms. The van der Waals surface area contributed by atoms with Crippen LogP contribution < -0.4 is 4.74 Å². The summed E-state index contributed by atoms with van der Waals surface area (Å²) >= 11 is 0. The fourth-order valence-corrected chi connectivity index (χ4v) is 2.78. The van der Waals surface area contributed by atoms with Crippen molar-refractivity contribution in [1.29, 1.82) is 0 Å². The third-order valence-electron chi connectivity index (χ3n) is 3.79. The molecule has 1 unspecified atom stereocenters. The molecule has 4 heteroatoms. The van der Waals surface area contributed by atoms with Crippen LogP contribution in [0, 0.1) is 0 Å². The van der Waals surface area contributed by atoms with Crippen LogP contribution in [0.5, 0.6) is 5.88 Å². The first kappa shape index (κ1) is 11.5. The average molecular weight is 245 g/mol. The summed E-state index contributed by atoms with van der Waals surface area (Å²) in [6.07, 6.45) is 5.90. The molecule has 0 N–H and O–H groups in total. The lowest BCUT2D eigenvalue weighted by Gasteiger charge is -2.31. The Kier molecular flexibility index (Phi) is 2.96. The summed E-state index contributed by atoms with van der Waals surface area (Å²) < 4.78 is 7.39. The van der Waals surface area contributed by atoms with Crippen LogP contribution in [0.25, 0.3) is 5.65 Å². The van der Waals surface area contributed by atoms with Crippen LogP contribution in [-0.4, -0.2) is 35.0 Å². The highest BCUT2D eigenvalue weighted by atomic mass is 16.5. The van der Waals surface area contributed by atoms with Gasteiger partial charge in [-0.1, -0.05) is 12.5 Å². The Morgan fingerprint density at radius 3 is 3.00 bits per heavy atom. The van der Waals surface area contributed by atoms with Crippen molar-refractivity contribution < 1.29 is 4.74 Å². The van der Waals surface area contributed by atoms with Crippen molar-refractivity contribution in [2.24, 2.45) is 0 Å². The maximum Gasteiger partial charge on any atom is 0.198 e. The number of imidazole rings is 1. The number of nitrogens with zero attached hydrogens (tertiary/aromatic N) is 3.